The van der Waals surface area contributed by atoms with E-state index in [0.29, 0.717) is 30.4 Å². The van der Waals surface area contributed by atoms with Crippen LogP contribution < -0.4 is 10.6 Å². The van der Waals surface area contributed by atoms with E-state index in [1.54, 1.807) is 6.07 Å². The molecule has 3 rings (SSSR count). The van der Waals surface area contributed by atoms with Crippen molar-refractivity contribution in [3.8, 4) is 0 Å². The molecule has 1 aliphatic carbocycles. The highest BCUT2D eigenvalue weighted by Gasteiger charge is 2.22. The quantitative estimate of drug-likeness (QED) is 0.609. The summed E-state index contributed by atoms with van der Waals surface area (Å²) in [5.74, 6) is 1.14. The molecule has 1 atom stereocenters. The molecule has 0 bridgehead atoms. The second-order valence-corrected chi connectivity index (χ2v) is 6.07. The molecule has 1 aliphatic heterocycles. The van der Waals surface area contributed by atoms with Crippen molar-refractivity contribution in [2.45, 2.75) is 32.6 Å². The second-order valence-electron chi connectivity index (χ2n) is 6.07. The van der Waals surface area contributed by atoms with Gasteiger partial charge in [0.1, 0.15) is 12.1 Å². The summed E-state index contributed by atoms with van der Waals surface area (Å²) in [6.07, 6.45) is 9.23. The maximum Gasteiger partial charge on any atom is 0.229 e. The van der Waals surface area contributed by atoms with Crippen LogP contribution in [0, 0.1) is 5.92 Å². The topological polar surface area (TPSA) is 85.4 Å². The molecule has 1 saturated heterocycles. The zero-order valence-electron chi connectivity index (χ0n) is 14.5. The van der Waals surface area contributed by atoms with Gasteiger partial charge in [0.05, 0.1) is 18.2 Å². The average Bonchev–Trinajstić information content (AvgIpc) is 2.67. The zero-order chi connectivity index (χ0) is 17.5. The van der Waals surface area contributed by atoms with Gasteiger partial charge >= 0.3 is 0 Å². The molecule has 0 aromatic carbocycles. The third-order valence-corrected chi connectivity index (χ3v) is 4.24. The third kappa shape index (κ3) is 4.64. The molecule has 2 heterocycles. The number of carbonyl (C=O) groups excluding carboxylic acids is 1. The average molecular weight is 344 g/mol. The van der Waals surface area contributed by atoms with Crippen molar-refractivity contribution in [1.82, 2.24) is 15.3 Å². The molecule has 0 spiro atoms. The molecule has 7 heteroatoms. The number of amides is 1. The van der Waals surface area contributed by atoms with E-state index in [4.69, 9.17) is 9.78 Å². The summed E-state index contributed by atoms with van der Waals surface area (Å²) >= 11 is 0. The summed E-state index contributed by atoms with van der Waals surface area (Å²) in [5, 5.41) is 6.15. The first-order chi connectivity index (χ1) is 12.3. The Bertz CT molecular complexity index is 666. The minimum absolute atomic E-state index is 0.00388. The van der Waals surface area contributed by atoms with Gasteiger partial charge in [-0.3, -0.25) is 4.79 Å². The maximum atomic E-state index is 12.4. The highest BCUT2D eigenvalue weighted by Crippen LogP contribution is 2.29. The van der Waals surface area contributed by atoms with Crippen molar-refractivity contribution in [2.75, 3.05) is 25.0 Å². The normalized spacial score (nSPS) is 20.4. The van der Waals surface area contributed by atoms with Gasteiger partial charge in [0.15, 0.2) is 5.76 Å². The molecule has 0 unspecified atom stereocenters. The number of allylic oxidation sites excluding steroid dienone is 3. The SMILES string of the molecule is CCOOC1=CCCC=C1c1cc(NC(=O)[C@H]2CCCNC2)ncn1. The van der Waals surface area contributed by atoms with Crippen molar-refractivity contribution < 1.29 is 14.6 Å². The number of hydrogen-bond acceptors (Lipinski definition) is 6. The molecule has 2 aliphatic rings. The van der Waals surface area contributed by atoms with Crippen molar-refractivity contribution in [2.24, 2.45) is 5.92 Å². The number of hydrogen-bond donors (Lipinski definition) is 2. The lowest BCUT2D eigenvalue weighted by Gasteiger charge is -2.21. The molecule has 7 nitrogen and oxygen atoms in total. The Hall–Kier alpha value is -2.25. The van der Waals surface area contributed by atoms with Crippen LogP contribution in [-0.2, 0) is 14.6 Å². The number of aromatic nitrogens is 2. The lowest BCUT2D eigenvalue weighted by Crippen LogP contribution is -2.37. The van der Waals surface area contributed by atoms with Gasteiger partial charge in [-0.25, -0.2) is 9.97 Å². The number of nitrogens with one attached hydrogen (secondary N) is 2. The summed E-state index contributed by atoms with van der Waals surface area (Å²) in [4.78, 5) is 31.3. The Kier molecular flexibility index (Phi) is 6.14. The second kappa shape index (κ2) is 8.73. The molecule has 2 N–H and O–H groups in total. The van der Waals surface area contributed by atoms with E-state index in [1.165, 1.54) is 6.33 Å². The Balaban J connectivity index is 1.71. The smallest absolute Gasteiger partial charge is 0.229 e. The number of rotatable bonds is 6. The molecule has 1 aromatic rings. The van der Waals surface area contributed by atoms with Crippen LogP contribution in [0.5, 0.6) is 0 Å². The van der Waals surface area contributed by atoms with E-state index in [1.807, 2.05) is 13.0 Å². The maximum absolute atomic E-state index is 12.4. The first-order valence-electron chi connectivity index (χ1n) is 8.82. The predicted molar refractivity (Wildman–Crippen MR) is 94.3 cm³/mol. The molecule has 0 saturated carbocycles. The van der Waals surface area contributed by atoms with Crippen LogP contribution in [0.3, 0.4) is 0 Å². The van der Waals surface area contributed by atoms with Gasteiger partial charge in [0.25, 0.3) is 0 Å². The summed E-state index contributed by atoms with van der Waals surface area (Å²) in [6.45, 7) is 4.02. The third-order valence-electron chi connectivity index (χ3n) is 4.24. The number of carbonyl (C=O) groups is 1. The molecule has 25 heavy (non-hydrogen) atoms. The van der Waals surface area contributed by atoms with Crippen molar-refractivity contribution >= 4 is 17.3 Å². The van der Waals surface area contributed by atoms with Crippen molar-refractivity contribution in [3.05, 3.63) is 36.0 Å². The van der Waals surface area contributed by atoms with Crippen molar-refractivity contribution in [1.29, 1.82) is 0 Å². The van der Waals surface area contributed by atoms with E-state index in [2.05, 4.69) is 26.7 Å². The van der Waals surface area contributed by atoms with Crippen LogP contribution in [-0.4, -0.2) is 35.6 Å². The number of piperidine rings is 1. The van der Waals surface area contributed by atoms with Crippen LogP contribution in [0.1, 0.15) is 38.3 Å². The Morgan fingerprint density at radius 2 is 2.24 bits per heavy atom. The fraction of sp³-hybridized carbons (Fsp3) is 0.500. The fourth-order valence-corrected chi connectivity index (χ4v) is 2.96. The molecule has 1 aromatic heterocycles. The number of anilines is 1. The first-order valence-corrected chi connectivity index (χ1v) is 8.82. The minimum atomic E-state index is -0.0159. The largest absolute Gasteiger partial charge is 0.337 e. The van der Waals surface area contributed by atoms with E-state index in [9.17, 15) is 4.79 Å². The van der Waals surface area contributed by atoms with Crippen LogP contribution in [0.25, 0.3) is 5.57 Å². The van der Waals surface area contributed by atoms with Crippen LogP contribution in [0.4, 0.5) is 5.82 Å². The van der Waals surface area contributed by atoms with Crippen LogP contribution in [0.2, 0.25) is 0 Å². The van der Waals surface area contributed by atoms with Crippen LogP contribution in [0.15, 0.2) is 30.3 Å². The highest BCUT2D eigenvalue weighted by atomic mass is 17.2. The summed E-state index contributed by atoms with van der Waals surface area (Å²) < 4.78 is 0. The predicted octanol–water partition coefficient (Wildman–Crippen LogP) is 2.44. The molecule has 1 amide bonds. The Morgan fingerprint density at radius 1 is 1.36 bits per heavy atom. The van der Waals surface area contributed by atoms with Gasteiger partial charge in [-0.2, -0.15) is 4.89 Å². The monoisotopic (exact) mass is 344 g/mol. The van der Waals surface area contributed by atoms with E-state index in [-0.39, 0.29) is 11.8 Å². The molecule has 1 fully saturated rings. The standard InChI is InChI=1S/C18H24N4O3/c1-2-24-25-16-8-4-3-7-14(16)15-10-17(21-12-20-15)22-18(23)13-6-5-9-19-11-13/h7-8,10,12-13,19H,2-6,9,11H2,1H3,(H,20,21,22,23)/t13-/m0/s1. The molecular formula is C18H24N4O3. The van der Waals surface area contributed by atoms with Gasteiger partial charge in [0.2, 0.25) is 5.91 Å². The Labute approximate surface area is 147 Å². The molecular weight excluding hydrogens is 320 g/mol. The highest BCUT2D eigenvalue weighted by molar-refractivity contribution is 5.92. The van der Waals surface area contributed by atoms with Gasteiger partial charge in [-0.15, -0.1) is 0 Å². The zero-order valence-corrected chi connectivity index (χ0v) is 14.5. The minimum Gasteiger partial charge on any atom is -0.337 e. The summed E-state index contributed by atoms with van der Waals surface area (Å²) in [7, 11) is 0. The molecule has 0 radical (unpaired) electrons. The molecule has 134 valence electrons. The van der Waals surface area contributed by atoms with E-state index >= 15 is 0 Å². The van der Waals surface area contributed by atoms with Gasteiger partial charge in [-0.1, -0.05) is 6.08 Å². The summed E-state index contributed by atoms with van der Waals surface area (Å²) in [5.41, 5.74) is 1.56. The number of nitrogens with zero attached hydrogens (tertiary/aromatic N) is 2. The van der Waals surface area contributed by atoms with Gasteiger partial charge in [0, 0.05) is 18.2 Å². The fourth-order valence-electron chi connectivity index (χ4n) is 2.96. The lowest BCUT2D eigenvalue weighted by molar-refractivity contribution is -0.253. The van der Waals surface area contributed by atoms with Crippen LogP contribution >= 0.6 is 0 Å². The van der Waals surface area contributed by atoms with E-state index in [0.717, 1.165) is 37.8 Å². The van der Waals surface area contributed by atoms with E-state index < -0.39 is 0 Å². The first kappa shape index (κ1) is 17.6. The van der Waals surface area contributed by atoms with Crippen molar-refractivity contribution in [3.63, 3.8) is 0 Å². The van der Waals surface area contributed by atoms with Gasteiger partial charge in [-0.05, 0) is 45.2 Å². The Morgan fingerprint density at radius 3 is 3.04 bits per heavy atom. The lowest BCUT2D eigenvalue weighted by atomic mass is 9.99. The summed E-state index contributed by atoms with van der Waals surface area (Å²) in [6, 6.07) is 1.77. The van der Waals surface area contributed by atoms with Gasteiger partial charge < -0.3 is 15.5 Å².